The van der Waals surface area contributed by atoms with Crippen molar-refractivity contribution in [2.75, 3.05) is 31.2 Å². The van der Waals surface area contributed by atoms with Crippen molar-refractivity contribution in [1.29, 1.82) is 0 Å². The first kappa shape index (κ1) is 24.1. The first-order valence-corrected chi connectivity index (χ1v) is 11.3. The van der Waals surface area contributed by atoms with Crippen molar-refractivity contribution in [1.82, 2.24) is 19.9 Å². The van der Waals surface area contributed by atoms with E-state index in [1.807, 2.05) is 4.90 Å². The van der Waals surface area contributed by atoms with E-state index in [1.54, 1.807) is 18.2 Å². The SMILES string of the molecule is Fc1ccc(-c2cc(-c3ccc(-c4ncccc4C(F)(F)F)nc3)nc(N3CCOCC3)n2)cc1Cl. The van der Waals surface area contributed by atoms with Crippen LogP contribution in [-0.4, -0.2) is 46.2 Å². The number of pyridine rings is 2. The van der Waals surface area contributed by atoms with Crippen LogP contribution in [0.15, 0.2) is 60.9 Å². The highest BCUT2D eigenvalue weighted by Crippen LogP contribution is 2.35. The standard InChI is InChI=1S/C25H18ClF4N5O/c26-18-12-15(3-5-19(18)27)21-13-22(34-24(33-21)35-8-10-36-11-9-35)16-4-6-20(32-14-16)23-17(25(28,29)30)2-1-7-31-23/h1-7,12-14H,8-11H2. The van der Waals surface area contributed by atoms with E-state index in [0.717, 1.165) is 6.07 Å². The first-order chi connectivity index (χ1) is 17.3. The molecule has 0 bridgehead atoms. The zero-order chi connectivity index (χ0) is 25.3. The topological polar surface area (TPSA) is 64.0 Å². The summed E-state index contributed by atoms with van der Waals surface area (Å²) in [7, 11) is 0. The van der Waals surface area contributed by atoms with Crippen LogP contribution in [0.2, 0.25) is 5.02 Å². The zero-order valence-corrected chi connectivity index (χ0v) is 19.4. The van der Waals surface area contributed by atoms with Crippen LogP contribution in [0.25, 0.3) is 33.9 Å². The number of aromatic nitrogens is 4. The van der Waals surface area contributed by atoms with Gasteiger partial charge >= 0.3 is 6.18 Å². The second kappa shape index (κ2) is 9.79. The lowest BCUT2D eigenvalue weighted by Crippen LogP contribution is -2.37. The second-order valence-corrected chi connectivity index (χ2v) is 8.40. The van der Waals surface area contributed by atoms with E-state index < -0.39 is 17.6 Å². The summed E-state index contributed by atoms with van der Waals surface area (Å²) in [5.74, 6) is -0.102. The average molecular weight is 516 g/mol. The van der Waals surface area contributed by atoms with Crippen molar-refractivity contribution in [2.45, 2.75) is 6.18 Å². The van der Waals surface area contributed by atoms with Crippen molar-refractivity contribution in [2.24, 2.45) is 0 Å². The van der Waals surface area contributed by atoms with Gasteiger partial charge in [-0.05, 0) is 48.5 Å². The Bertz CT molecular complexity index is 1390. The molecule has 0 N–H and O–H groups in total. The molecule has 0 radical (unpaired) electrons. The molecule has 0 unspecified atom stereocenters. The number of ether oxygens (including phenoxy) is 1. The summed E-state index contributed by atoms with van der Waals surface area (Å²) in [5, 5.41) is -0.0394. The lowest BCUT2D eigenvalue weighted by atomic mass is 10.1. The van der Waals surface area contributed by atoms with Crippen molar-refractivity contribution in [3.05, 3.63) is 77.3 Å². The van der Waals surface area contributed by atoms with Gasteiger partial charge in [0.1, 0.15) is 11.5 Å². The van der Waals surface area contributed by atoms with E-state index in [-0.39, 0.29) is 16.4 Å². The Morgan fingerprint density at radius 2 is 1.58 bits per heavy atom. The molecule has 1 saturated heterocycles. The zero-order valence-electron chi connectivity index (χ0n) is 18.6. The highest BCUT2D eigenvalue weighted by Gasteiger charge is 2.34. The maximum atomic E-state index is 13.7. The van der Waals surface area contributed by atoms with Crippen molar-refractivity contribution in [3.8, 4) is 33.9 Å². The molecular formula is C25H18ClF4N5O. The Morgan fingerprint density at radius 1 is 0.861 bits per heavy atom. The number of hydrogen-bond donors (Lipinski definition) is 0. The molecule has 5 rings (SSSR count). The minimum Gasteiger partial charge on any atom is -0.378 e. The van der Waals surface area contributed by atoms with Crippen LogP contribution >= 0.6 is 11.6 Å². The van der Waals surface area contributed by atoms with E-state index in [2.05, 4.69) is 19.9 Å². The monoisotopic (exact) mass is 515 g/mol. The molecule has 0 saturated carbocycles. The molecule has 1 aliphatic heterocycles. The summed E-state index contributed by atoms with van der Waals surface area (Å²) in [6.07, 6.45) is -1.83. The number of nitrogens with zero attached hydrogens (tertiary/aromatic N) is 5. The number of alkyl halides is 3. The molecule has 0 spiro atoms. The molecule has 1 fully saturated rings. The largest absolute Gasteiger partial charge is 0.418 e. The summed E-state index contributed by atoms with van der Waals surface area (Å²) in [6.45, 7) is 2.22. The quantitative estimate of drug-likeness (QED) is 0.315. The fraction of sp³-hybridized carbons (Fsp3) is 0.200. The summed E-state index contributed by atoms with van der Waals surface area (Å²) < 4.78 is 59.4. The highest BCUT2D eigenvalue weighted by atomic mass is 35.5. The summed E-state index contributed by atoms with van der Waals surface area (Å²) in [5.41, 5.74) is 1.13. The third-order valence-corrected chi connectivity index (χ3v) is 5.93. The molecule has 4 heterocycles. The molecule has 1 aliphatic rings. The van der Waals surface area contributed by atoms with Gasteiger partial charge in [0.15, 0.2) is 0 Å². The molecule has 3 aromatic heterocycles. The van der Waals surface area contributed by atoms with Crippen LogP contribution in [0.1, 0.15) is 5.56 Å². The summed E-state index contributed by atoms with van der Waals surface area (Å²) in [6, 6.07) is 11.3. The summed E-state index contributed by atoms with van der Waals surface area (Å²) in [4.78, 5) is 19.4. The van der Waals surface area contributed by atoms with Gasteiger partial charge in [0.05, 0.1) is 40.9 Å². The second-order valence-electron chi connectivity index (χ2n) is 8.00. The van der Waals surface area contributed by atoms with E-state index >= 15 is 0 Å². The lowest BCUT2D eigenvalue weighted by molar-refractivity contribution is -0.137. The van der Waals surface area contributed by atoms with E-state index in [4.69, 9.17) is 16.3 Å². The molecule has 6 nitrogen and oxygen atoms in total. The van der Waals surface area contributed by atoms with E-state index in [9.17, 15) is 17.6 Å². The van der Waals surface area contributed by atoms with Crippen molar-refractivity contribution >= 4 is 17.5 Å². The average Bonchev–Trinajstić information content (AvgIpc) is 2.90. The molecular weight excluding hydrogens is 498 g/mol. The van der Waals surface area contributed by atoms with Crippen LogP contribution in [0.5, 0.6) is 0 Å². The van der Waals surface area contributed by atoms with Gasteiger partial charge in [0.2, 0.25) is 5.95 Å². The lowest BCUT2D eigenvalue weighted by Gasteiger charge is -2.27. The molecule has 0 amide bonds. The fourth-order valence-corrected chi connectivity index (χ4v) is 3.99. The minimum atomic E-state index is -4.56. The summed E-state index contributed by atoms with van der Waals surface area (Å²) >= 11 is 5.99. The molecule has 4 aromatic rings. The third-order valence-electron chi connectivity index (χ3n) is 5.64. The van der Waals surface area contributed by atoms with Crippen molar-refractivity contribution in [3.63, 3.8) is 0 Å². The van der Waals surface area contributed by atoms with Gasteiger partial charge in [0, 0.05) is 36.6 Å². The third kappa shape index (κ3) is 5.00. The van der Waals surface area contributed by atoms with Gasteiger partial charge < -0.3 is 9.64 Å². The Hall–Kier alpha value is -3.63. The van der Waals surface area contributed by atoms with Gasteiger partial charge in [-0.3, -0.25) is 9.97 Å². The van der Waals surface area contributed by atoms with Gasteiger partial charge in [-0.15, -0.1) is 0 Å². The maximum Gasteiger partial charge on any atom is 0.418 e. The van der Waals surface area contributed by atoms with Gasteiger partial charge in [-0.1, -0.05) is 11.6 Å². The van der Waals surface area contributed by atoms with Crippen LogP contribution in [0.3, 0.4) is 0 Å². The normalized spacial score (nSPS) is 14.2. The Labute approximate surface area is 208 Å². The Balaban J connectivity index is 1.56. The van der Waals surface area contributed by atoms with Crippen LogP contribution in [0, 0.1) is 5.82 Å². The molecule has 184 valence electrons. The molecule has 0 atom stereocenters. The number of morpholine rings is 1. The maximum absolute atomic E-state index is 13.7. The smallest absolute Gasteiger partial charge is 0.378 e. The van der Waals surface area contributed by atoms with Gasteiger partial charge in [0.25, 0.3) is 0 Å². The number of hydrogen-bond acceptors (Lipinski definition) is 6. The Morgan fingerprint density at radius 3 is 2.25 bits per heavy atom. The van der Waals surface area contributed by atoms with Crippen LogP contribution < -0.4 is 4.90 Å². The highest BCUT2D eigenvalue weighted by molar-refractivity contribution is 6.31. The van der Waals surface area contributed by atoms with Crippen LogP contribution in [0.4, 0.5) is 23.5 Å². The Kier molecular flexibility index (Phi) is 6.55. The predicted octanol–water partition coefficient (Wildman–Crippen LogP) is 5.92. The molecule has 36 heavy (non-hydrogen) atoms. The van der Waals surface area contributed by atoms with Crippen molar-refractivity contribution < 1.29 is 22.3 Å². The molecule has 0 aliphatic carbocycles. The number of rotatable bonds is 4. The fourth-order valence-electron chi connectivity index (χ4n) is 3.81. The molecule has 1 aromatic carbocycles. The number of anilines is 1. The molecule has 11 heteroatoms. The van der Waals surface area contributed by atoms with Gasteiger partial charge in [-0.25, -0.2) is 14.4 Å². The number of benzene rings is 1. The predicted molar refractivity (Wildman–Crippen MR) is 127 cm³/mol. The van der Waals surface area contributed by atoms with E-state index in [1.165, 1.54) is 36.7 Å². The van der Waals surface area contributed by atoms with Gasteiger partial charge in [-0.2, -0.15) is 13.2 Å². The first-order valence-electron chi connectivity index (χ1n) is 11.0. The van der Waals surface area contributed by atoms with Crippen LogP contribution in [-0.2, 0) is 10.9 Å². The number of halogens is 5. The van der Waals surface area contributed by atoms with E-state index in [0.29, 0.717) is 54.8 Å². The minimum absolute atomic E-state index is 0.0394.